The Morgan fingerprint density at radius 3 is 2.35 bits per heavy atom. The molecule has 34 heavy (non-hydrogen) atoms. The van der Waals surface area contributed by atoms with Gasteiger partial charge in [-0.3, -0.25) is 4.79 Å². The molecule has 168 valence electrons. The molecule has 0 aliphatic heterocycles. The number of Topliss-reactive ketones (excluding diaryl/α,β-unsaturated/α-hetero) is 1. The van der Waals surface area contributed by atoms with Crippen LogP contribution in [0.3, 0.4) is 0 Å². The van der Waals surface area contributed by atoms with Crippen molar-refractivity contribution >= 4 is 29.0 Å². The van der Waals surface area contributed by atoms with Gasteiger partial charge in [0.25, 0.3) is 5.78 Å². The summed E-state index contributed by atoms with van der Waals surface area (Å²) in [5, 5.41) is 3.60. The van der Waals surface area contributed by atoms with Crippen LogP contribution in [-0.4, -0.2) is 40.5 Å². The minimum absolute atomic E-state index is 0.0834. The van der Waals surface area contributed by atoms with Crippen molar-refractivity contribution < 1.29 is 19.1 Å². The summed E-state index contributed by atoms with van der Waals surface area (Å²) in [6, 6.07) is 22.9. The van der Waals surface area contributed by atoms with Crippen LogP contribution in [0.15, 0.2) is 79.0 Å². The Balaban J connectivity index is 1.31. The van der Waals surface area contributed by atoms with Crippen LogP contribution in [0.1, 0.15) is 22.6 Å². The molecule has 7 nitrogen and oxygen atoms in total. The van der Waals surface area contributed by atoms with E-state index in [0.29, 0.717) is 0 Å². The SMILES string of the molecule is [N-]=[N+]=CC(=O)[C@H](Cc1c[nH]c2ccccc12)NC(=O)OCC1c2ccccc2-c2ccccc21. The van der Waals surface area contributed by atoms with Crippen LogP contribution in [0.25, 0.3) is 27.6 Å². The number of ether oxygens (including phenoxy) is 1. The third-order valence-electron chi connectivity index (χ3n) is 6.26. The maximum atomic E-state index is 12.7. The third-order valence-corrected chi connectivity index (χ3v) is 6.26. The molecule has 7 heteroatoms. The van der Waals surface area contributed by atoms with Crippen LogP contribution in [0.4, 0.5) is 4.79 Å². The highest BCUT2D eigenvalue weighted by Gasteiger charge is 2.30. The molecule has 0 spiro atoms. The van der Waals surface area contributed by atoms with Gasteiger partial charge in [-0.1, -0.05) is 66.7 Å². The molecule has 4 aromatic rings. The number of carbonyl (C=O) groups excluding carboxylic acids is 2. The number of hydrogen-bond acceptors (Lipinski definition) is 3. The Morgan fingerprint density at radius 1 is 1.00 bits per heavy atom. The largest absolute Gasteiger partial charge is 0.449 e. The van der Waals surface area contributed by atoms with Crippen LogP contribution in [-0.2, 0) is 16.0 Å². The van der Waals surface area contributed by atoms with Crippen LogP contribution in [0.2, 0.25) is 0 Å². The number of fused-ring (bicyclic) bond motifs is 4. The Morgan fingerprint density at radius 2 is 1.65 bits per heavy atom. The summed E-state index contributed by atoms with van der Waals surface area (Å²) >= 11 is 0. The predicted octanol–water partition coefficient (Wildman–Crippen LogP) is 4.49. The minimum Gasteiger partial charge on any atom is -0.449 e. The van der Waals surface area contributed by atoms with Crippen molar-refractivity contribution in [2.24, 2.45) is 0 Å². The van der Waals surface area contributed by atoms with Crippen molar-refractivity contribution in [2.75, 3.05) is 6.61 Å². The van der Waals surface area contributed by atoms with Gasteiger partial charge in [0.05, 0.1) is 0 Å². The fourth-order valence-electron chi connectivity index (χ4n) is 4.67. The number of amides is 1. The monoisotopic (exact) mass is 450 g/mol. The molecule has 5 rings (SSSR count). The Bertz CT molecular complexity index is 1390. The van der Waals surface area contributed by atoms with Gasteiger partial charge in [-0.05, 0) is 33.9 Å². The molecule has 1 heterocycles. The van der Waals surface area contributed by atoms with Crippen LogP contribution in [0.5, 0.6) is 0 Å². The first kappa shape index (κ1) is 21.4. The zero-order chi connectivity index (χ0) is 23.5. The maximum absolute atomic E-state index is 12.7. The van der Waals surface area contributed by atoms with E-state index in [1.54, 1.807) is 6.20 Å². The highest BCUT2D eigenvalue weighted by atomic mass is 16.5. The quantitative estimate of drug-likeness (QED) is 0.246. The van der Waals surface area contributed by atoms with Gasteiger partial charge in [0.1, 0.15) is 12.6 Å². The van der Waals surface area contributed by atoms with Crippen LogP contribution < -0.4 is 5.32 Å². The molecule has 0 unspecified atom stereocenters. The first-order chi connectivity index (χ1) is 16.7. The molecule has 0 saturated carbocycles. The Hall–Kier alpha value is -4.48. The van der Waals surface area contributed by atoms with Gasteiger partial charge in [0, 0.05) is 29.4 Å². The molecule has 1 amide bonds. The average Bonchev–Trinajstić information content (AvgIpc) is 3.41. The number of hydrogen-bond donors (Lipinski definition) is 2. The standard InChI is InChI=1S/C27H22N4O3/c28-30-15-26(32)25(13-17-14-29-24-12-6-5-7-18(17)24)31-27(33)34-16-23-21-10-3-1-8-19(21)20-9-2-4-11-22(20)23/h1-12,14-15,23,25,29H,13,16H2,(H,31,33)/t25-/m0/s1. The van der Waals surface area contributed by atoms with E-state index in [9.17, 15) is 9.59 Å². The number of nitrogens with one attached hydrogen (secondary N) is 2. The zero-order valence-corrected chi connectivity index (χ0v) is 18.3. The van der Waals surface area contributed by atoms with Gasteiger partial charge in [-0.25, -0.2) is 4.79 Å². The summed E-state index contributed by atoms with van der Waals surface area (Å²) in [6.07, 6.45) is 2.12. The molecule has 2 N–H and O–H groups in total. The van der Waals surface area contributed by atoms with E-state index in [-0.39, 0.29) is 18.9 Å². The summed E-state index contributed by atoms with van der Waals surface area (Å²) in [5.74, 6) is -0.610. The predicted molar refractivity (Wildman–Crippen MR) is 129 cm³/mol. The lowest BCUT2D eigenvalue weighted by Gasteiger charge is -2.17. The Labute approximate surface area is 196 Å². The highest BCUT2D eigenvalue weighted by molar-refractivity contribution is 6.28. The lowest BCUT2D eigenvalue weighted by molar-refractivity contribution is -0.117. The summed E-state index contributed by atoms with van der Waals surface area (Å²) in [7, 11) is 0. The zero-order valence-electron chi connectivity index (χ0n) is 18.3. The number of aromatic nitrogens is 1. The number of alkyl carbamates (subject to hydrolysis) is 1. The van der Waals surface area contributed by atoms with E-state index < -0.39 is 17.9 Å². The fourth-order valence-corrected chi connectivity index (χ4v) is 4.67. The van der Waals surface area contributed by atoms with Crippen molar-refractivity contribution in [3.05, 3.63) is 101 Å². The molecule has 0 saturated heterocycles. The van der Waals surface area contributed by atoms with Gasteiger partial charge in [0.2, 0.25) is 0 Å². The normalized spacial score (nSPS) is 12.9. The molecule has 1 aromatic heterocycles. The number of rotatable bonds is 7. The molecule has 3 aromatic carbocycles. The average molecular weight is 450 g/mol. The molecular weight excluding hydrogens is 428 g/mol. The van der Waals surface area contributed by atoms with E-state index in [4.69, 9.17) is 10.3 Å². The van der Waals surface area contributed by atoms with Crippen molar-refractivity contribution in [1.29, 1.82) is 0 Å². The van der Waals surface area contributed by atoms with Crippen LogP contribution in [0, 0.1) is 0 Å². The second-order valence-electron chi connectivity index (χ2n) is 8.23. The summed E-state index contributed by atoms with van der Waals surface area (Å²) in [5.41, 5.74) is 15.1. The van der Waals surface area contributed by atoms with Gasteiger partial charge in [-0.15, -0.1) is 0 Å². The smallest absolute Gasteiger partial charge is 0.407 e. The van der Waals surface area contributed by atoms with Gasteiger partial charge >= 0.3 is 12.3 Å². The topological polar surface area (TPSA) is 108 Å². The first-order valence-corrected chi connectivity index (χ1v) is 11.0. The van der Waals surface area contributed by atoms with E-state index in [0.717, 1.165) is 44.9 Å². The summed E-state index contributed by atoms with van der Waals surface area (Å²) in [4.78, 5) is 31.3. The highest BCUT2D eigenvalue weighted by Crippen LogP contribution is 2.44. The molecule has 1 aliphatic carbocycles. The van der Waals surface area contributed by atoms with Crippen molar-refractivity contribution in [3.63, 3.8) is 0 Å². The lowest BCUT2D eigenvalue weighted by Crippen LogP contribution is -2.43. The fraction of sp³-hybridized carbons (Fsp3) is 0.148. The number of benzene rings is 3. The molecule has 0 fully saturated rings. The molecular formula is C27H22N4O3. The molecule has 1 aliphatic rings. The number of ketones is 1. The number of aromatic amines is 1. The molecule has 1 atom stereocenters. The van der Waals surface area contributed by atoms with Crippen molar-refractivity contribution in [1.82, 2.24) is 10.3 Å². The minimum atomic E-state index is -0.939. The third kappa shape index (κ3) is 4.00. The first-order valence-electron chi connectivity index (χ1n) is 11.0. The van der Waals surface area contributed by atoms with Crippen molar-refractivity contribution in [3.8, 4) is 11.1 Å². The van der Waals surface area contributed by atoms with E-state index >= 15 is 0 Å². The summed E-state index contributed by atoms with van der Waals surface area (Å²) in [6.45, 7) is 0.141. The van der Waals surface area contributed by atoms with Gasteiger partial charge in [0.15, 0.2) is 0 Å². The van der Waals surface area contributed by atoms with Crippen LogP contribution >= 0.6 is 0 Å². The van der Waals surface area contributed by atoms with Gasteiger partial charge < -0.3 is 20.6 Å². The van der Waals surface area contributed by atoms with Crippen molar-refractivity contribution in [2.45, 2.75) is 18.4 Å². The molecule has 0 radical (unpaired) electrons. The van der Waals surface area contributed by atoms with Gasteiger partial charge in [-0.2, -0.15) is 4.79 Å². The number of para-hydroxylation sites is 1. The maximum Gasteiger partial charge on any atom is 0.407 e. The van der Waals surface area contributed by atoms with E-state index in [1.807, 2.05) is 60.7 Å². The van der Waals surface area contributed by atoms with E-state index in [2.05, 4.69) is 27.2 Å². The number of nitrogens with zero attached hydrogens (tertiary/aromatic N) is 2. The molecule has 0 bridgehead atoms. The second-order valence-corrected chi connectivity index (χ2v) is 8.23. The number of H-pyrrole nitrogens is 1. The van der Waals surface area contributed by atoms with E-state index in [1.165, 1.54) is 0 Å². The second kappa shape index (κ2) is 9.17. The summed E-state index contributed by atoms with van der Waals surface area (Å²) < 4.78 is 5.59. The Kier molecular flexibility index (Phi) is 5.77. The lowest BCUT2D eigenvalue weighted by atomic mass is 9.98. The number of carbonyl (C=O) groups is 2.